The third-order valence-corrected chi connectivity index (χ3v) is 4.31. The molecule has 0 bridgehead atoms. The van der Waals surface area contributed by atoms with E-state index in [4.69, 9.17) is 0 Å². The average molecular weight is 244 g/mol. The lowest BCUT2D eigenvalue weighted by Crippen LogP contribution is -2.43. The van der Waals surface area contributed by atoms with Crippen molar-refractivity contribution in [2.75, 3.05) is 6.54 Å². The number of rotatable bonds is 2. The molecule has 3 rings (SSSR count). The standard InChI is InChI=1S/C15H20N2O/c1-2-17-13(12-8-4-3-5-9-12)16-15(14(17)18)10-6-7-11-15/h3-5,8-9,13,16H,2,6-7,10-11H2,1H3. The summed E-state index contributed by atoms with van der Waals surface area (Å²) in [4.78, 5) is 14.6. The first-order valence-electron chi connectivity index (χ1n) is 6.90. The lowest BCUT2D eigenvalue weighted by atomic mass is 9.98. The molecule has 0 aromatic heterocycles. The zero-order chi connectivity index (χ0) is 12.6. The van der Waals surface area contributed by atoms with Gasteiger partial charge in [0.25, 0.3) is 0 Å². The molecule has 3 heteroatoms. The highest BCUT2D eigenvalue weighted by atomic mass is 16.2. The molecule has 1 spiro atoms. The number of hydrogen-bond donors (Lipinski definition) is 1. The lowest BCUT2D eigenvalue weighted by Gasteiger charge is -2.22. The van der Waals surface area contributed by atoms with E-state index < -0.39 is 0 Å². The maximum Gasteiger partial charge on any atom is 0.244 e. The highest BCUT2D eigenvalue weighted by molar-refractivity contribution is 5.89. The summed E-state index contributed by atoms with van der Waals surface area (Å²) in [5.41, 5.74) is 0.924. The number of nitrogens with one attached hydrogen (secondary N) is 1. The Kier molecular flexibility index (Phi) is 2.86. The van der Waals surface area contributed by atoms with E-state index in [2.05, 4.69) is 24.4 Å². The van der Waals surface area contributed by atoms with Gasteiger partial charge in [0.05, 0.1) is 5.54 Å². The van der Waals surface area contributed by atoms with E-state index in [1.165, 1.54) is 5.56 Å². The van der Waals surface area contributed by atoms with Crippen LogP contribution < -0.4 is 5.32 Å². The molecule has 1 aliphatic carbocycles. The van der Waals surface area contributed by atoms with Crippen molar-refractivity contribution in [3.8, 4) is 0 Å². The second-order valence-corrected chi connectivity index (χ2v) is 5.34. The van der Waals surface area contributed by atoms with Crippen molar-refractivity contribution in [1.82, 2.24) is 10.2 Å². The zero-order valence-electron chi connectivity index (χ0n) is 10.9. The summed E-state index contributed by atoms with van der Waals surface area (Å²) in [6, 6.07) is 10.3. The minimum absolute atomic E-state index is 0.0572. The predicted molar refractivity (Wildman–Crippen MR) is 70.9 cm³/mol. The molecule has 1 aliphatic heterocycles. The molecule has 18 heavy (non-hydrogen) atoms. The zero-order valence-corrected chi connectivity index (χ0v) is 10.9. The molecule has 1 saturated carbocycles. The van der Waals surface area contributed by atoms with Gasteiger partial charge in [-0.15, -0.1) is 0 Å². The number of nitrogens with zero attached hydrogens (tertiary/aromatic N) is 1. The van der Waals surface area contributed by atoms with Gasteiger partial charge >= 0.3 is 0 Å². The fraction of sp³-hybridized carbons (Fsp3) is 0.533. The Labute approximate surface area is 108 Å². The molecule has 96 valence electrons. The second kappa shape index (κ2) is 4.39. The van der Waals surface area contributed by atoms with E-state index in [1.54, 1.807) is 0 Å². The van der Waals surface area contributed by atoms with Gasteiger partial charge < -0.3 is 4.90 Å². The van der Waals surface area contributed by atoms with Crippen LogP contribution in [-0.4, -0.2) is 22.9 Å². The lowest BCUT2D eigenvalue weighted by molar-refractivity contribution is -0.133. The summed E-state index contributed by atoms with van der Waals surface area (Å²) in [5.74, 6) is 0.302. The van der Waals surface area contributed by atoms with Gasteiger partial charge in [-0.1, -0.05) is 43.2 Å². The Bertz CT molecular complexity index is 437. The van der Waals surface area contributed by atoms with E-state index in [0.717, 1.165) is 32.2 Å². The molecule has 0 radical (unpaired) electrons. The van der Waals surface area contributed by atoms with Gasteiger partial charge in [-0.25, -0.2) is 0 Å². The van der Waals surface area contributed by atoms with E-state index in [-0.39, 0.29) is 11.7 Å². The van der Waals surface area contributed by atoms with Crippen LogP contribution in [0.1, 0.15) is 44.3 Å². The van der Waals surface area contributed by atoms with Crippen LogP contribution in [0.2, 0.25) is 0 Å². The molecule has 1 aromatic rings. The summed E-state index contributed by atoms with van der Waals surface area (Å²) in [6.07, 6.45) is 4.37. The maximum absolute atomic E-state index is 12.6. The summed E-state index contributed by atoms with van der Waals surface area (Å²) >= 11 is 0. The molecular formula is C15H20N2O. The molecule has 1 amide bonds. The number of carbonyl (C=O) groups excluding carboxylic acids is 1. The van der Waals surface area contributed by atoms with Crippen LogP contribution in [0, 0.1) is 0 Å². The molecule has 1 aromatic carbocycles. The van der Waals surface area contributed by atoms with Gasteiger partial charge in [0.15, 0.2) is 0 Å². The topological polar surface area (TPSA) is 32.3 Å². The van der Waals surface area contributed by atoms with Crippen LogP contribution in [0.3, 0.4) is 0 Å². The van der Waals surface area contributed by atoms with Crippen LogP contribution in [0.25, 0.3) is 0 Å². The minimum Gasteiger partial charge on any atom is -0.322 e. The van der Waals surface area contributed by atoms with Gasteiger partial charge in [-0.2, -0.15) is 0 Å². The van der Waals surface area contributed by atoms with Crippen molar-refractivity contribution >= 4 is 5.91 Å². The normalized spacial score (nSPS) is 26.2. The summed E-state index contributed by atoms with van der Waals surface area (Å²) in [7, 11) is 0. The Morgan fingerprint density at radius 1 is 1.28 bits per heavy atom. The Morgan fingerprint density at radius 2 is 1.94 bits per heavy atom. The van der Waals surface area contributed by atoms with Crippen molar-refractivity contribution in [2.45, 2.75) is 44.3 Å². The molecule has 1 N–H and O–H groups in total. The minimum atomic E-state index is -0.267. The monoisotopic (exact) mass is 244 g/mol. The summed E-state index contributed by atoms with van der Waals surface area (Å²) in [5, 5.41) is 3.61. The fourth-order valence-corrected chi connectivity index (χ4v) is 3.36. The van der Waals surface area contributed by atoms with E-state index in [9.17, 15) is 4.79 Å². The SMILES string of the molecule is CCN1C(=O)C2(CCCC2)NC1c1ccccc1. The third-order valence-electron chi connectivity index (χ3n) is 4.31. The van der Waals surface area contributed by atoms with Crippen LogP contribution in [0.5, 0.6) is 0 Å². The van der Waals surface area contributed by atoms with Crippen molar-refractivity contribution in [3.05, 3.63) is 35.9 Å². The number of amides is 1. The predicted octanol–water partition coefficient (Wildman–Crippen LogP) is 2.45. The quantitative estimate of drug-likeness (QED) is 0.866. The van der Waals surface area contributed by atoms with Crippen molar-refractivity contribution in [1.29, 1.82) is 0 Å². The van der Waals surface area contributed by atoms with Crippen molar-refractivity contribution in [2.24, 2.45) is 0 Å². The molecule has 1 heterocycles. The third kappa shape index (κ3) is 1.65. The van der Waals surface area contributed by atoms with Gasteiger partial charge in [0.1, 0.15) is 6.17 Å². The van der Waals surface area contributed by atoms with Gasteiger partial charge in [0, 0.05) is 6.54 Å². The Morgan fingerprint density at radius 3 is 2.56 bits per heavy atom. The van der Waals surface area contributed by atoms with E-state index in [0.29, 0.717) is 5.91 Å². The van der Waals surface area contributed by atoms with Gasteiger partial charge in [-0.05, 0) is 25.3 Å². The summed E-state index contributed by atoms with van der Waals surface area (Å²) < 4.78 is 0. The molecule has 1 saturated heterocycles. The number of benzene rings is 1. The van der Waals surface area contributed by atoms with E-state index >= 15 is 0 Å². The maximum atomic E-state index is 12.6. The first-order chi connectivity index (χ1) is 8.77. The molecule has 1 atom stereocenters. The first kappa shape index (κ1) is 11.7. The van der Waals surface area contributed by atoms with Gasteiger partial charge in [0.2, 0.25) is 5.91 Å². The average Bonchev–Trinajstić information content (AvgIpc) is 2.99. The fourth-order valence-electron chi connectivity index (χ4n) is 3.36. The Balaban J connectivity index is 1.94. The van der Waals surface area contributed by atoms with Gasteiger partial charge in [-0.3, -0.25) is 10.1 Å². The second-order valence-electron chi connectivity index (χ2n) is 5.34. The molecule has 1 unspecified atom stereocenters. The van der Waals surface area contributed by atoms with Crippen LogP contribution in [-0.2, 0) is 4.79 Å². The molecule has 2 aliphatic rings. The van der Waals surface area contributed by atoms with Crippen LogP contribution in [0.15, 0.2) is 30.3 Å². The molecule has 2 fully saturated rings. The summed E-state index contributed by atoms with van der Waals surface area (Å²) in [6.45, 7) is 2.83. The first-order valence-corrected chi connectivity index (χ1v) is 6.90. The van der Waals surface area contributed by atoms with Crippen molar-refractivity contribution in [3.63, 3.8) is 0 Å². The van der Waals surface area contributed by atoms with Crippen LogP contribution >= 0.6 is 0 Å². The number of hydrogen-bond acceptors (Lipinski definition) is 2. The van der Waals surface area contributed by atoms with Crippen LogP contribution in [0.4, 0.5) is 0 Å². The molecular weight excluding hydrogens is 224 g/mol. The Hall–Kier alpha value is -1.35. The largest absolute Gasteiger partial charge is 0.322 e. The molecule has 3 nitrogen and oxygen atoms in total. The highest BCUT2D eigenvalue weighted by Gasteiger charge is 2.51. The highest BCUT2D eigenvalue weighted by Crippen LogP contribution is 2.40. The van der Waals surface area contributed by atoms with Crippen molar-refractivity contribution < 1.29 is 4.79 Å². The number of carbonyl (C=O) groups is 1. The number of likely N-dealkylation sites (N-methyl/N-ethyl adjacent to an activating group) is 1. The smallest absolute Gasteiger partial charge is 0.244 e. The van der Waals surface area contributed by atoms with E-state index in [1.807, 2.05) is 23.1 Å².